The second-order valence-corrected chi connectivity index (χ2v) is 5.26. The summed E-state index contributed by atoms with van der Waals surface area (Å²) < 4.78 is 13.2. The molecule has 2 nitrogen and oxygen atoms in total. The highest BCUT2D eigenvalue weighted by Gasteiger charge is 2.14. The van der Waals surface area contributed by atoms with Gasteiger partial charge in [0.25, 0.3) is 0 Å². The third-order valence-electron chi connectivity index (χ3n) is 3.03. The Bertz CT molecular complexity index is 578. The Morgan fingerprint density at radius 3 is 2.20 bits per heavy atom. The second kappa shape index (κ2) is 6.33. The van der Waals surface area contributed by atoms with Gasteiger partial charge in [0.1, 0.15) is 11.6 Å². The van der Waals surface area contributed by atoms with Crippen LogP contribution in [0.3, 0.4) is 0 Å². The highest BCUT2D eigenvalue weighted by atomic mass is 35.5. The van der Waals surface area contributed by atoms with Gasteiger partial charge < -0.3 is 10.4 Å². The summed E-state index contributed by atoms with van der Waals surface area (Å²) in [5.74, 6) is -0.260. The number of hydrogen-bond donors (Lipinski definition) is 2. The van der Waals surface area contributed by atoms with E-state index in [1.807, 2.05) is 19.1 Å². The molecule has 5 heteroatoms. The molecule has 0 aliphatic carbocycles. The molecule has 0 heterocycles. The van der Waals surface area contributed by atoms with Gasteiger partial charge in [-0.15, -0.1) is 0 Å². The van der Waals surface area contributed by atoms with Crippen molar-refractivity contribution in [3.8, 4) is 5.75 Å². The van der Waals surface area contributed by atoms with Crippen molar-refractivity contribution in [1.82, 2.24) is 0 Å². The molecule has 0 aliphatic rings. The van der Waals surface area contributed by atoms with Gasteiger partial charge in [-0.25, -0.2) is 4.39 Å². The van der Waals surface area contributed by atoms with Crippen LogP contribution in [0.5, 0.6) is 5.75 Å². The molecule has 0 aliphatic heterocycles. The molecule has 0 amide bonds. The molecule has 2 N–H and O–H groups in total. The number of nitrogens with one attached hydrogen (secondary N) is 1. The smallest absolute Gasteiger partial charge is 0.126 e. The first kappa shape index (κ1) is 14.9. The SMILES string of the molecule is CCC(Nc1c(Cl)cc(F)cc1Cl)c1ccc(O)cc1. The zero-order chi connectivity index (χ0) is 14.7. The largest absolute Gasteiger partial charge is 0.508 e. The third kappa shape index (κ3) is 3.35. The number of phenols is 1. The topological polar surface area (TPSA) is 32.3 Å². The van der Waals surface area contributed by atoms with Crippen LogP contribution < -0.4 is 5.32 Å². The molecular weight excluding hydrogens is 300 g/mol. The molecule has 106 valence electrons. The summed E-state index contributed by atoms with van der Waals surface area (Å²) in [5.41, 5.74) is 1.50. The van der Waals surface area contributed by atoms with Crippen molar-refractivity contribution >= 4 is 28.9 Å². The van der Waals surface area contributed by atoms with E-state index in [4.69, 9.17) is 23.2 Å². The first-order chi connectivity index (χ1) is 9.51. The number of aromatic hydroxyl groups is 1. The summed E-state index contributed by atoms with van der Waals surface area (Å²) in [6.45, 7) is 2.01. The Morgan fingerprint density at radius 1 is 1.15 bits per heavy atom. The van der Waals surface area contributed by atoms with E-state index in [1.54, 1.807) is 12.1 Å². The first-order valence-electron chi connectivity index (χ1n) is 6.21. The van der Waals surface area contributed by atoms with E-state index in [-0.39, 0.29) is 21.8 Å². The average Bonchev–Trinajstić information content (AvgIpc) is 2.39. The van der Waals surface area contributed by atoms with Crippen LogP contribution in [0, 0.1) is 5.82 Å². The number of rotatable bonds is 4. The molecule has 0 radical (unpaired) electrons. The normalized spacial score (nSPS) is 12.2. The monoisotopic (exact) mass is 313 g/mol. The number of anilines is 1. The van der Waals surface area contributed by atoms with E-state index in [0.717, 1.165) is 12.0 Å². The summed E-state index contributed by atoms with van der Waals surface area (Å²) in [7, 11) is 0. The Labute approximate surface area is 127 Å². The zero-order valence-electron chi connectivity index (χ0n) is 10.8. The fourth-order valence-electron chi connectivity index (χ4n) is 1.98. The van der Waals surface area contributed by atoms with Crippen LogP contribution >= 0.6 is 23.2 Å². The van der Waals surface area contributed by atoms with Gasteiger partial charge in [-0.2, -0.15) is 0 Å². The van der Waals surface area contributed by atoms with E-state index in [2.05, 4.69) is 5.32 Å². The maximum atomic E-state index is 13.2. The van der Waals surface area contributed by atoms with Crippen molar-refractivity contribution in [2.45, 2.75) is 19.4 Å². The van der Waals surface area contributed by atoms with Crippen LogP contribution in [0.1, 0.15) is 24.9 Å². The Morgan fingerprint density at radius 2 is 1.70 bits per heavy atom. The number of halogens is 3. The average molecular weight is 314 g/mol. The molecule has 0 saturated heterocycles. The Balaban J connectivity index is 2.29. The summed E-state index contributed by atoms with van der Waals surface area (Å²) in [5, 5.41) is 13.0. The van der Waals surface area contributed by atoms with E-state index in [9.17, 15) is 9.50 Å². The van der Waals surface area contributed by atoms with Crippen LogP contribution in [0.25, 0.3) is 0 Å². The van der Waals surface area contributed by atoms with E-state index < -0.39 is 5.82 Å². The van der Waals surface area contributed by atoms with Crippen molar-refractivity contribution in [2.75, 3.05) is 5.32 Å². The lowest BCUT2D eigenvalue weighted by atomic mass is 10.0. The lowest BCUT2D eigenvalue weighted by Crippen LogP contribution is -2.10. The third-order valence-corrected chi connectivity index (χ3v) is 3.63. The summed E-state index contributed by atoms with van der Waals surface area (Å²) in [4.78, 5) is 0. The van der Waals surface area contributed by atoms with Crippen LogP contribution in [-0.4, -0.2) is 5.11 Å². The van der Waals surface area contributed by atoms with Crippen molar-refractivity contribution in [1.29, 1.82) is 0 Å². The molecule has 0 fully saturated rings. The maximum Gasteiger partial charge on any atom is 0.126 e. The molecule has 0 spiro atoms. The van der Waals surface area contributed by atoms with Crippen LogP contribution in [0.2, 0.25) is 10.0 Å². The van der Waals surface area contributed by atoms with Crippen molar-refractivity contribution < 1.29 is 9.50 Å². The van der Waals surface area contributed by atoms with Gasteiger partial charge in [0.05, 0.1) is 21.8 Å². The minimum atomic E-state index is -0.469. The molecule has 1 unspecified atom stereocenters. The Hall–Kier alpha value is -1.45. The van der Waals surface area contributed by atoms with Crippen molar-refractivity contribution in [3.63, 3.8) is 0 Å². The van der Waals surface area contributed by atoms with Crippen molar-refractivity contribution in [3.05, 3.63) is 57.8 Å². The molecule has 2 aromatic rings. The van der Waals surface area contributed by atoms with E-state index in [0.29, 0.717) is 5.69 Å². The lowest BCUT2D eigenvalue weighted by Gasteiger charge is -2.20. The first-order valence-corrected chi connectivity index (χ1v) is 6.97. The van der Waals surface area contributed by atoms with Gasteiger partial charge in [0.15, 0.2) is 0 Å². The molecule has 2 aromatic carbocycles. The number of benzene rings is 2. The molecule has 0 saturated carbocycles. The number of hydrogen-bond acceptors (Lipinski definition) is 2. The van der Waals surface area contributed by atoms with E-state index in [1.165, 1.54) is 12.1 Å². The van der Waals surface area contributed by atoms with E-state index >= 15 is 0 Å². The van der Waals surface area contributed by atoms with Crippen LogP contribution in [-0.2, 0) is 0 Å². The minimum absolute atomic E-state index is 0.0314. The van der Waals surface area contributed by atoms with Gasteiger partial charge >= 0.3 is 0 Å². The predicted octanol–water partition coefficient (Wildman–Crippen LogP) is 5.40. The highest BCUT2D eigenvalue weighted by Crippen LogP contribution is 2.35. The standard InChI is InChI=1S/C15H14Cl2FNO/c1-2-14(9-3-5-11(20)6-4-9)19-15-12(16)7-10(18)8-13(15)17/h3-8,14,19-20H,2H2,1H3. The quantitative estimate of drug-likeness (QED) is 0.792. The molecule has 2 rings (SSSR count). The van der Waals surface area contributed by atoms with Gasteiger partial charge in [-0.3, -0.25) is 0 Å². The summed E-state index contributed by atoms with van der Waals surface area (Å²) in [6, 6.07) is 9.29. The van der Waals surface area contributed by atoms with Gasteiger partial charge in [0.2, 0.25) is 0 Å². The van der Waals surface area contributed by atoms with Crippen LogP contribution in [0.15, 0.2) is 36.4 Å². The lowest BCUT2D eigenvalue weighted by molar-refractivity contribution is 0.475. The molecular formula is C15H14Cl2FNO. The fourth-order valence-corrected chi connectivity index (χ4v) is 2.55. The molecule has 1 atom stereocenters. The number of phenolic OH excluding ortho intramolecular Hbond substituents is 1. The van der Waals surface area contributed by atoms with Gasteiger partial charge in [-0.05, 0) is 36.2 Å². The van der Waals surface area contributed by atoms with Gasteiger partial charge in [-0.1, -0.05) is 42.3 Å². The highest BCUT2D eigenvalue weighted by molar-refractivity contribution is 6.39. The molecule has 0 bridgehead atoms. The second-order valence-electron chi connectivity index (χ2n) is 4.44. The predicted molar refractivity (Wildman–Crippen MR) is 81.2 cm³/mol. The fraction of sp³-hybridized carbons (Fsp3) is 0.200. The summed E-state index contributed by atoms with van der Waals surface area (Å²) in [6.07, 6.45) is 0.787. The van der Waals surface area contributed by atoms with Gasteiger partial charge in [0, 0.05) is 0 Å². The molecule has 0 aromatic heterocycles. The minimum Gasteiger partial charge on any atom is -0.508 e. The zero-order valence-corrected chi connectivity index (χ0v) is 12.3. The maximum absolute atomic E-state index is 13.2. The Kier molecular flexibility index (Phi) is 4.73. The van der Waals surface area contributed by atoms with Crippen molar-refractivity contribution in [2.24, 2.45) is 0 Å². The molecule has 20 heavy (non-hydrogen) atoms. The summed E-state index contributed by atoms with van der Waals surface area (Å²) >= 11 is 12.0. The van der Waals surface area contributed by atoms with Crippen LogP contribution in [0.4, 0.5) is 10.1 Å².